The number of hydrogen-bond acceptors (Lipinski definition) is 8. The van der Waals surface area contributed by atoms with E-state index >= 15 is 0 Å². The number of benzene rings is 3. The zero-order valence-electron chi connectivity index (χ0n) is 26.3. The third-order valence-electron chi connectivity index (χ3n) is 6.54. The van der Waals surface area contributed by atoms with Crippen LogP contribution in [-0.2, 0) is 26.0 Å². The van der Waals surface area contributed by atoms with Crippen LogP contribution in [0.3, 0.4) is 0 Å². The predicted molar refractivity (Wildman–Crippen MR) is 180 cm³/mol. The highest BCUT2D eigenvalue weighted by Gasteiger charge is 2.39. The first-order valence-electron chi connectivity index (χ1n) is 14.6. The third kappa shape index (κ3) is 15.7. The Balaban J connectivity index is 0.000000543. The summed E-state index contributed by atoms with van der Waals surface area (Å²) in [5, 5.41) is 25.3. The molecular weight excluding hydrogens is 829 g/mol. The average molecular weight is 863 g/mol. The fourth-order valence-electron chi connectivity index (χ4n) is 4.09. The Morgan fingerprint density at radius 3 is 1.96 bits per heavy atom. The van der Waals surface area contributed by atoms with Gasteiger partial charge >= 0.3 is 24.3 Å². The molecule has 12 nitrogen and oxygen atoms in total. The molecule has 0 saturated carbocycles. The molecule has 0 spiro atoms. The number of carboxylic acids is 2. The van der Waals surface area contributed by atoms with E-state index in [0.717, 1.165) is 40.8 Å². The van der Waals surface area contributed by atoms with Gasteiger partial charge in [0.25, 0.3) is 0 Å². The lowest BCUT2D eigenvalue weighted by Crippen LogP contribution is -2.40. The summed E-state index contributed by atoms with van der Waals surface area (Å²) in [4.78, 5) is 18.0. The number of amidine groups is 1. The molecule has 4 rings (SSSR count). The van der Waals surface area contributed by atoms with Gasteiger partial charge in [-0.15, -0.1) is 0 Å². The van der Waals surface area contributed by atoms with Crippen LogP contribution in [0, 0.1) is 8.98 Å². The van der Waals surface area contributed by atoms with E-state index in [4.69, 9.17) is 40.4 Å². The molecule has 1 aliphatic rings. The van der Waals surface area contributed by atoms with Gasteiger partial charge in [-0.3, -0.25) is 5.41 Å². The van der Waals surface area contributed by atoms with Gasteiger partial charge in [0.1, 0.15) is 30.0 Å². The molecule has 0 aliphatic carbocycles. The minimum atomic E-state index is -5.08. The Hall–Kier alpha value is -4.15. The van der Waals surface area contributed by atoms with E-state index in [1.54, 1.807) is 42.5 Å². The van der Waals surface area contributed by atoms with Crippen LogP contribution in [0.2, 0.25) is 0 Å². The molecule has 1 aliphatic heterocycles. The quantitative estimate of drug-likeness (QED) is 0.0664. The van der Waals surface area contributed by atoms with Crippen LogP contribution in [0.1, 0.15) is 24.0 Å². The van der Waals surface area contributed by atoms with Gasteiger partial charge < -0.3 is 30.7 Å². The van der Waals surface area contributed by atoms with Crippen molar-refractivity contribution in [2.75, 3.05) is 19.7 Å². The van der Waals surface area contributed by atoms with Crippen LogP contribution < -0.4 is 25.2 Å². The summed E-state index contributed by atoms with van der Waals surface area (Å²) in [5.74, 6) is -4.22. The monoisotopic (exact) mass is 862 g/mol. The number of sulfonamides is 1. The van der Waals surface area contributed by atoms with Crippen molar-refractivity contribution in [2.45, 2.75) is 48.7 Å². The van der Waals surface area contributed by atoms with Gasteiger partial charge in [-0.1, -0.05) is 30.3 Å². The minimum Gasteiger partial charge on any atom is -0.491 e. The number of nitrogens with two attached hydrogens (primary N) is 1. The summed E-state index contributed by atoms with van der Waals surface area (Å²) < 4.78 is 105. The zero-order chi connectivity index (χ0) is 38.4. The SMILES string of the molecule is N=C(N)c1ccc(I)c(OC[C@H](Cc2ccc(OC3CCNCC3)cc2)NS(=O)(=O)c2ccccc2)c1.O=C(O)C(F)(F)F.O=C(O)C(F)(F)F. The number of rotatable bonds is 11. The largest absolute Gasteiger partial charge is 0.491 e. The Morgan fingerprint density at radius 2 is 1.47 bits per heavy atom. The van der Waals surface area contributed by atoms with Gasteiger partial charge in [-0.25, -0.2) is 22.7 Å². The van der Waals surface area contributed by atoms with Gasteiger partial charge in [0.15, 0.2) is 0 Å². The number of nitrogen functional groups attached to an aromatic ring is 1. The number of halogens is 7. The first-order valence-corrected chi connectivity index (χ1v) is 17.2. The molecule has 0 bridgehead atoms. The van der Waals surface area contributed by atoms with E-state index in [1.165, 1.54) is 0 Å². The number of alkyl halides is 6. The standard InChI is InChI=1S/C27H31IN4O4S.2C2HF3O2/c28-25-11-8-20(27(29)30)17-26(25)35-18-21(32-37(33,34)24-4-2-1-3-5-24)16-19-6-9-22(10-7-19)36-23-12-14-31-15-13-23;2*3-2(4,5)1(6)7/h1-11,17,21,23,31-32H,12-16,18H2,(H3,29,30);2*(H,6,7)/t21-;;/m0../s1. The molecule has 1 saturated heterocycles. The van der Waals surface area contributed by atoms with Gasteiger partial charge in [-0.05, 0) is 103 Å². The van der Waals surface area contributed by atoms with Crippen molar-refractivity contribution >= 4 is 50.4 Å². The van der Waals surface area contributed by atoms with Crippen molar-refractivity contribution in [1.82, 2.24) is 10.0 Å². The van der Waals surface area contributed by atoms with Crippen LogP contribution in [0.5, 0.6) is 11.5 Å². The van der Waals surface area contributed by atoms with Gasteiger partial charge in [0.05, 0.1) is 14.5 Å². The summed E-state index contributed by atoms with van der Waals surface area (Å²) in [6.45, 7) is 2.01. The molecule has 0 radical (unpaired) electrons. The fraction of sp³-hybridized carbons (Fsp3) is 0.323. The molecule has 1 heterocycles. The summed E-state index contributed by atoms with van der Waals surface area (Å²) in [6.07, 6.45) is -7.58. The predicted octanol–water partition coefficient (Wildman–Crippen LogP) is 4.94. The molecular formula is C31H33F6IN4O8S. The smallest absolute Gasteiger partial charge is 0.490 e. The number of ether oxygens (including phenoxy) is 2. The van der Waals surface area contributed by atoms with Crippen LogP contribution in [0.4, 0.5) is 26.3 Å². The van der Waals surface area contributed by atoms with E-state index in [9.17, 15) is 34.8 Å². The summed E-state index contributed by atoms with van der Waals surface area (Å²) >= 11 is 2.14. The number of piperidine rings is 1. The van der Waals surface area contributed by atoms with Crippen molar-refractivity contribution in [3.63, 3.8) is 0 Å². The van der Waals surface area contributed by atoms with Crippen molar-refractivity contribution in [3.8, 4) is 11.5 Å². The van der Waals surface area contributed by atoms with Crippen LogP contribution in [0.15, 0.2) is 77.7 Å². The topological polar surface area (TPSA) is 201 Å². The van der Waals surface area contributed by atoms with Crippen molar-refractivity contribution in [3.05, 3.63) is 87.5 Å². The normalized spacial score (nSPS) is 14.1. The summed E-state index contributed by atoms with van der Waals surface area (Å²) in [6, 6.07) is 20.8. The molecule has 0 amide bonds. The lowest BCUT2D eigenvalue weighted by molar-refractivity contribution is -0.193. The second-order valence-electron chi connectivity index (χ2n) is 10.5. The molecule has 3 aromatic carbocycles. The molecule has 51 heavy (non-hydrogen) atoms. The van der Waals surface area contributed by atoms with Crippen molar-refractivity contribution < 1.29 is 64.0 Å². The number of hydrogen-bond donors (Lipinski definition) is 6. The van der Waals surface area contributed by atoms with E-state index in [2.05, 4.69) is 32.6 Å². The molecule has 7 N–H and O–H groups in total. The zero-order valence-corrected chi connectivity index (χ0v) is 29.3. The molecule has 0 aromatic heterocycles. The number of nitrogens with one attached hydrogen (secondary N) is 3. The number of carboxylic acid groups (broad SMARTS) is 2. The van der Waals surface area contributed by atoms with Crippen LogP contribution >= 0.6 is 22.6 Å². The maximum Gasteiger partial charge on any atom is 0.490 e. The second kappa shape index (κ2) is 19.5. The lowest BCUT2D eigenvalue weighted by atomic mass is 10.1. The van der Waals surface area contributed by atoms with E-state index in [0.29, 0.717) is 17.7 Å². The van der Waals surface area contributed by atoms with E-state index < -0.39 is 40.4 Å². The maximum absolute atomic E-state index is 13.1. The average Bonchev–Trinajstić information content (AvgIpc) is 3.05. The minimum absolute atomic E-state index is 0.0608. The lowest BCUT2D eigenvalue weighted by Gasteiger charge is -2.24. The van der Waals surface area contributed by atoms with Gasteiger partial charge in [-0.2, -0.15) is 26.3 Å². The van der Waals surface area contributed by atoms with Crippen molar-refractivity contribution in [1.29, 1.82) is 5.41 Å². The Labute approximate surface area is 302 Å². The van der Waals surface area contributed by atoms with E-state index in [-0.39, 0.29) is 23.4 Å². The van der Waals surface area contributed by atoms with Crippen LogP contribution in [-0.4, -0.2) is 80.6 Å². The molecule has 0 unspecified atom stereocenters. The number of aliphatic carboxylic acids is 2. The van der Waals surface area contributed by atoms with Crippen LogP contribution in [0.25, 0.3) is 0 Å². The molecule has 1 atom stereocenters. The molecule has 20 heteroatoms. The highest BCUT2D eigenvalue weighted by molar-refractivity contribution is 14.1. The Bertz CT molecular complexity index is 1680. The third-order valence-corrected chi connectivity index (χ3v) is 8.96. The maximum atomic E-state index is 13.1. The summed E-state index contributed by atoms with van der Waals surface area (Å²) in [7, 11) is -3.76. The Morgan fingerprint density at radius 1 is 0.941 bits per heavy atom. The van der Waals surface area contributed by atoms with Gasteiger partial charge in [0, 0.05) is 5.56 Å². The first-order chi connectivity index (χ1) is 23.7. The molecule has 1 fully saturated rings. The van der Waals surface area contributed by atoms with Crippen molar-refractivity contribution in [2.24, 2.45) is 5.73 Å². The summed E-state index contributed by atoms with van der Waals surface area (Å²) in [5.41, 5.74) is 7.13. The van der Waals surface area contributed by atoms with E-state index in [1.807, 2.05) is 30.3 Å². The highest BCUT2D eigenvalue weighted by Crippen LogP contribution is 2.24. The second-order valence-corrected chi connectivity index (χ2v) is 13.4. The fourth-order valence-corrected chi connectivity index (χ4v) is 5.82. The molecule has 280 valence electrons. The Kier molecular flexibility index (Phi) is 16.4. The first kappa shape index (κ1) is 43.0. The highest BCUT2D eigenvalue weighted by atomic mass is 127. The van der Waals surface area contributed by atoms with Gasteiger partial charge in [0.2, 0.25) is 10.0 Å². The number of carbonyl (C=O) groups is 2. The molecule has 3 aromatic rings.